The summed E-state index contributed by atoms with van der Waals surface area (Å²) in [6.07, 6.45) is 0.491. The van der Waals surface area contributed by atoms with E-state index in [0.717, 1.165) is 160 Å². The van der Waals surface area contributed by atoms with E-state index in [2.05, 4.69) is 82.6 Å². The third-order valence-corrected chi connectivity index (χ3v) is 14.1. The van der Waals surface area contributed by atoms with Crippen molar-refractivity contribution in [2.75, 3.05) is 151 Å². The Bertz CT molecular complexity index is 2860. The second-order valence-electron chi connectivity index (χ2n) is 18.5. The molecule has 0 atom stereocenters. The normalized spacial score (nSPS) is 16.9. The minimum absolute atomic E-state index is 0. The number of halogens is 1. The predicted molar refractivity (Wildman–Crippen MR) is 300 cm³/mol. The lowest BCUT2D eigenvalue weighted by Crippen LogP contribution is -2.39. The molecule has 12 rings (SSSR count). The number of ether oxygens (including phenoxy) is 5. The fraction of sp³-hybridized carbons (Fsp3) is 0.373. The molecule has 1 aliphatic carbocycles. The van der Waals surface area contributed by atoms with E-state index in [0.29, 0.717) is 44.3 Å². The topological polar surface area (TPSA) is 156 Å². The Balaban J connectivity index is 0.000000144. The van der Waals surface area contributed by atoms with E-state index in [1.54, 1.807) is 42.5 Å². The number of phenolic OH excluding ortho intramolecular Hbond substituents is 4. The van der Waals surface area contributed by atoms with Crippen LogP contribution in [-0.2, 0) is 30.1 Å². The molecule has 16 heteroatoms. The van der Waals surface area contributed by atoms with Gasteiger partial charge in [-0.2, -0.15) is 0 Å². The van der Waals surface area contributed by atoms with Gasteiger partial charge in [0.15, 0.2) is 13.1 Å². The van der Waals surface area contributed by atoms with Gasteiger partial charge in [-0.3, -0.25) is 0 Å². The number of hydrogen-bond donors (Lipinski definition) is 4. The summed E-state index contributed by atoms with van der Waals surface area (Å²) in [4.78, 5) is 8.99. The van der Waals surface area contributed by atoms with Crippen LogP contribution in [0, 0.1) is 0 Å². The molecule has 6 heterocycles. The van der Waals surface area contributed by atoms with Crippen LogP contribution in [0.15, 0.2) is 136 Å². The number of phenols is 4. The zero-order valence-electron chi connectivity index (χ0n) is 41.8. The number of nitrogens with zero attached hydrogens (tertiary/aromatic N) is 5. The first-order valence-electron chi connectivity index (χ1n) is 25.5. The van der Waals surface area contributed by atoms with Crippen molar-refractivity contribution in [3.8, 4) is 34.3 Å². The molecule has 6 aliphatic heterocycles. The van der Waals surface area contributed by atoms with Crippen molar-refractivity contribution >= 4 is 49.6 Å². The maximum atomic E-state index is 10.5. The van der Waals surface area contributed by atoms with Gasteiger partial charge in [0.2, 0.25) is 5.36 Å². The molecule has 0 bridgehead atoms. The molecule has 7 aliphatic rings. The number of hydrogen-bond acceptors (Lipinski definition) is 14. The summed E-state index contributed by atoms with van der Waals surface area (Å²) in [6.45, 7) is 16.4. The third kappa shape index (κ3) is 15.3. The summed E-state index contributed by atoms with van der Waals surface area (Å²) in [5.41, 5.74) is 7.96. The zero-order chi connectivity index (χ0) is 51.1. The lowest BCUT2D eigenvalue weighted by molar-refractivity contribution is 0.0965. The second kappa shape index (κ2) is 27.3. The minimum atomic E-state index is 0. The van der Waals surface area contributed by atoms with E-state index in [1.807, 2.05) is 42.5 Å². The largest absolute Gasteiger partial charge is 0.508 e. The van der Waals surface area contributed by atoms with Gasteiger partial charge in [-0.15, -0.1) is 0 Å². The van der Waals surface area contributed by atoms with Crippen molar-refractivity contribution in [3.63, 3.8) is 0 Å². The first-order chi connectivity index (χ1) is 36.2. The van der Waals surface area contributed by atoms with Crippen molar-refractivity contribution in [1.82, 2.24) is 4.58 Å². The monoisotopic (exact) mass is 1090 g/mol. The summed E-state index contributed by atoms with van der Waals surface area (Å²) < 4.78 is 36.5. The van der Waals surface area contributed by atoms with Gasteiger partial charge in [0.25, 0.3) is 0 Å². The van der Waals surface area contributed by atoms with Gasteiger partial charge in [0.05, 0.1) is 58.9 Å². The number of benzene rings is 6. The van der Waals surface area contributed by atoms with Crippen molar-refractivity contribution in [2.24, 2.45) is 0 Å². The summed E-state index contributed by atoms with van der Waals surface area (Å²) in [5.74, 6) is 2.07. The van der Waals surface area contributed by atoms with E-state index < -0.39 is 0 Å². The van der Waals surface area contributed by atoms with Crippen molar-refractivity contribution < 1.29 is 48.5 Å². The third-order valence-electron chi connectivity index (χ3n) is 13.6. The highest BCUT2D eigenvalue weighted by Crippen LogP contribution is 2.33. The number of morpholine rings is 5. The van der Waals surface area contributed by atoms with Crippen LogP contribution in [0.3, 0.4) is 0 Å². The molecule has 75 heavy (non-hydrogen) atoms. The molecular weight excluding hydrogens is 1020 g/mol. The molecule has 0 saturated carbocycles. The van der Waals surface area contributed by atoms with Crippen molar-refractivity contribution in [2.45, 2.75) is 13.8 Å². The van der Waals surface area contributed by atoms with Crippen LogP contribution in [0.2, 0.25) is 0 Å². The summed E-state index contributed by atoms with van der Waals surface area (Å²) >= 11 is 3.20. The second-order valence-corrected chi connectivity index (χ2v) is 19.4. The Hall–Kier alpha value is -6.53. The van der Waals surface area contributed by atoms with Gasteiger partial charge in [0.1, 0.15) is 47.6 Å². The first kappa shape index (κ1) is 54.7. The number of anilines is 4. The molecular formula is C59H71BrN5O10+. The smallest absolute Gasteiger partial charge is 0.203 e. The maximum absolute atomic E-state index is 10.5. The molecule has 5 aromatic carbocycles. The van der Waals surface area contributed by atoms with Gasteiger partial charge in [0, 0.05) is 127 Å². The number of fused-ring (bicyclic) bond motifs is 2. The minimum Gasteiger partial charge on any atom is -0.508 e. The van der Waals surface area contributed by atoms with Gasteiger partial charge in [-0.1, -0.05) is 47.6 Å². The number of aromatic hydroxyl groups is 4. The Morgan fingerprint density at radius 2 is 0.893 bits per heavy atom. The molecule has 0 unspecified atom stereocenters. The van der Waals surface area contributed by atoms with Crippen LogP contribution in [0.25, 0.3) is 22.3 Å². The quantitative estimate of drug-likeness (QED) is 0.0928. The van der Waals surface area contributed by atoms with Gasteiger partial charge in [-0.25, -0.2) is 4.58 Å². The highest BCUT2D eigenvalue weighted by Gasteiger charge is 2.19. The Kier molecular flexibility index (Phi) is 19.9. The molecule has 15 nitrogen and oxygen atoms in total. The van der Waals surface area contributed by atoms with Gasteiger partial charge in [-0.05, 0) is 77.9 Å². The fourth-order valence-electron chi connectivity index (χ4n) is 9.42. The van der Waals surface area contributed by atoms with Crippen LogP contribution in [-0.4, -0.2) is 152 Å². The molecule has 0 spiro atoms. The van der Waals surface area contributed by atoms with E-state index in [4.69, 9.17) is 33.2 Å². The maximum Gasteiger partial charge on any atom is 0.203 e. The van der Waals surface area contributed by atoms with Crippen LogP contribution >= 0.6 is 15.9 Å². The highest BCUT2D eigenvalue weighted by molar-refractivity contribution is 9.10. The van der Waals surface area contributed by atoms with E-state index in [1.165, 1.54) is 11.0 Å². The van der Waals surface area contributed by atoms with Crippen LogP contribution < -0.4 is 29.5 Å². The van der Waals surface area contributed by atoms with E-state index in [-0.39, 0.29) is 18.9 Å². The van der Waals surface area contributed by atoms with Crippen LogP contribution in [0.1, 0.15) is 18.6 Å². The predicted octanol–water partition coefficient (Wildman–Crippen LogP) is 8.56. The Morgan fingerprint density at radius 3 is 1.36 bits per heavy atom. The summed E-state index contributed by atoms with van der Waals surface area (Å²) in [6, 6.07) is 41.0. The van der Waals surface area contributed by atoms with Gasteiger partial charge >= 0.3 is 0 Å². The van der Waals surface area contributed by atoms with Crippen LogP contribution in [0.4, 0.5) is 22.7 Å². The molecule has 5 fully saturated rings. The Morgan fingerprint density at radius 1 is 0.440 bits per heavy atom. The van der Waals surface area contributed by atoms with Crippen molar-refractivity contribution in [1.29, 1.82) is 0 Å². The standard InChI is InChI=1S/C21H26N2O4.C21H23N2O3.C10H13NO2.C6H5BrO.CH4/c24-20-14-18(22-5-9-26-10-6-22)3-1-16(20)13-17-2-4-19(15-21(17)25)23-7-11-27-12-8-23;1-3-18(22-5-9-24-10-6-22)14-20-16(1)13-17-2-4-19(15-21(17)26-20)23-7-11-25-12-8-23;12-10-3-1-2-9(8-10)11-4-6-13-7-5-11;7-5-2-1-3-6(8)4-5;/h1-4,14-15,24-25H,5-13H2;1-4,13-15H,5-12H2;1-3,8,12H,4-7H2;1-4,8H;1H4/q;+1;;;. The summed E-state index contributed by atoms with van der Waals surface area (Å²) in [5, 5.41) is 41.3. The van der Waals surface area contributed by atoms with Crippen molar-refractivity contribution in [3.05, 3.63) is 148 Å². The molecule has 5 saturated heterocycles. The molecule has 4 N–H and O–H groups in total. The summed E-state index contributed by atoms with van der Waals surface area (Å²) in [7, 11) is 0. The lowest BCUT2D eigenvalue weighted by Gasteiger charge is -2.29. The molecule has 398 valence electrons. The van der Waals surface area contributed by atoms with Gasteiger partial charge < -0.3 is 68.1 Å². The first-order valence-corrected chi connectivity index (χ1v) is 26.3. The molecule has 0 amide bonds. The van der Waals surface area contributed by atoms with Crippen LogP contribution in [0.5, 0.6) is 23.0 Å². The SMILES string of the molecule is C.Oc1cc(N2CCOCC2)ccc1Cc1ccc(N2CCOCC2)cc1O.Oc1cccc(Br)c1.Oc1cccc(N2CCOCC2)c1.c1cc(=[N+]2CCOCC2)cc2oc3cc(N4CCOCC4)ccc3cc1-2. The molecule has 5 aromatic rings. The number of rotatable bonds is 6. The zero-order valence-corrected chi connectivity index (χ0v) is 43.4. The average molecular weight is 1090 g/mol. The van der Waals surface area contributed by atoms with E-state index >= 15 is 0 Å². The molecule has 0 aromatic heterocycles. The lowest BCUT2D eigenvalue weighted by atomic mass is 10.0. The van der Waals surface area contributed by atoms with E-state index in [9.17, 15) is 15.3 Å². The highest BCUT2D eigenvalue weighted by atomic mass is 79.9. The Labute approximate surface area is 448 Å². The molecule has 0 radical (unpaired) electrons. The average Bonchev–Trinajstić information content (AvgIpc) is 3.45. The fourth-order valence-corrected chi connectivity index (χ4v) is 9.80.